The van der Waals surface area contributed by atoms with Crippen LogP contribution >= 0.6 is 0 Å². The number of aromatic nitrogens is 2. The standard InChI is InChI=1S/C20H27N5O/c1-4-9-25-18-8-6-5-7-17(18)19(22-25)20(26)21-14-10-15-12-23(2)13-16(11-14)24(15)3/h4-8,14-16H,1,9-13H2,2-3H3,(H,21,26)/t14-,15-,16+. The van der Waals surface area contributed by atoms with Gasteiger partial charge >= 0.3 is 0 Å². The quantitative estimate of drug-likeness (QED) is 0.851. The van der Waals surface area contributed by atoms with Gasteiger partial charge in [0.05, 0.1) is 12.1 Å². The topological polar surface area (TPSA) is 53.4 Å². The Hall–Kier alpha value is -2.18. The highest BCUT2D eigenvalue weighted by Crippen LogP contribution is 2.27. The van der Waals surface area contributed by atoms with E-state index < -0.39 is 0 Å². The van der Waals surface area contributed by atoms with E-state index in [0.29, 0.717) is 24.3 Å². The highest BCUT2D eigenvalue weighted by Gasteiger charge is 2.38. The molecule has 0 aliphatic carbocycles. The molecule has 138 valence electrons. The van der Waals surface area contributed by atoms with Crippen molar-refractivity contribution in [3.63, 3.8) is 0 Å². The van der Waals surface area contributed by atoms with E-state index in [-0.39, 0.29) is 11.9 Å². The summed E-state index contributed by atoms with van der Waals surface area (Å²) in [6.07, 6.45) is 3.79. The van der Waals surface area contributed by atoms with Gasteiger partial charge in [0.15, 0.2) is 5.69 Å². The average Bonchev–Trinajstić information content (AvgIpc) is 2.96. The van der Waals surface area contributed by atoms with Crippen molar-refractivity contribution in [3.8, 4) is 0 Å². The minimum atomic E-state index is -0.0648. The molecule has 6 heteroatoms. The second-order valence-corrected chi connectivity index (χ2v) is 7.67. The molecule has 2 saturated heterocycles. The van der Waals surface area contributed by atoms with Gasteiger partial charge in [-0.25, -0.2) is 0 Å². The van der Waals surface area contributed by atoms with Gasteiger partial charge in [-0.1, -0.05) is 24.3 Å². The fourth-order valence-electron chi connectivity index (χ4n) is 4.51. The molecule has 3 heterocycles. The van der Waals surface area contributed by atoms with E-state index in [2.05, 4.69) is 40.9 Å². The number of nitrogens with one attached hydrogen (secondary N) is 1. The first-order valence-electron chi connectivity index (χ1n) is 9.34. The summed E-state index contributed by atoms with van der Waals surface area (Å²) >= 11 is 0. The van der Waals surface area contributed by atoms with Crippen LogP contribution in [0.4, 0.5) is 0 Å². The molecule has 2 aliphatic rings. The van der Waals surface area contributed by atoms with Gasteiger partial charge in [0.25, 0.3) is 5.91 Å². The van der Waals surface area contributed by atoms with Gasteiger partial charge in [0.2, 0.25) is 0 Å². The largest absolute Gasteiger partial charge is 0.348 e. The van der Waals surface area contributed by atoms with Gasteiger partial charge in [-0.3, -0.25) is 14.4 Å². The molecule has 0 unspecified atom stereocenters. The highest BCUT2D eigenvalue weighted by atomic mass is 16.2. The van der Waals surface area contributed by atoms with Gasteiger partial charge in [-0.2, -0.15) is 5.10 Å². The molecule has 1 aromatic carbocycles. The van der Waals surface area contributed by atoms with Gasteiger partial charge in [0.1, 0.15) is 0 Å². The summed E-state index contributed by atoms with van der Waals surface area (Å²) < 4.78 is 1.84. The lowest BCUT2D eigenvalue weighted by Crippen LogP contribution is -2.63. The lowest BCUT2D eigenvalue weighted by molar-refractivity contribution is 0.00837. The number of fused-ring (bicyclic) bond motifs is 3. The number of rotatable bonds is 4. The zero-order valence-electron chi connectivity index (χ0n) is 15.6. The van der Waals surface area contributed by atoms with E-state index in [4.69, 9.17) is 0 Å². The molecule has 1 amide bonds. The van der Waals surface area contributed by atoms with Crippen molar-refractivity contribution in [1.29, 1.82) is 0 Å². The maximum atomic E-state index is 13.0. The summed E-state index contributed by atoms with van der Waals surface area (Å²) in [6.45, 7) is 6.51. The molecule has 1 aromatic heterocycles. The molecular weight excluding hydrogens is 326 g/mol. The van der Waals surface area contributed by atoms with Crippen molar-refractivity contribution in [2.45, 2.75) is 37.5 Å². The van der Waals surface area contributed by atoms with Crippen LogP contribution in [0.2, 0.25) is 0 Å². The SMILES string of the molecule is C=CCn1nc(C(=O)N[C@@H]2C[C@@H]3CN(C)C[C@H](C2)N3C)c2ccccc21. The number of hydrogen-bond acceptors (Lipinski definition) is 4. The molecule has 26 heavy (non-hydrogen) atoms. The number of amides is 1. The van der Waals surface area contributed by atoms with Crippen molar-refractivity contribution in [2.24, 2.45) is 0 Å². The van der Waals surface area contributed by atoms with E-state index in [1.165, 1.54) is 0 Å². The predicted octanol–water partition coefficient (Wildman–Crippen LogP) is 1.73. The molecule has 0 spiro atoms. The Morgan fingerprint density at radius 3 is 2.65 bits per heavy atom. The van der Waals surface area contributed by atoms with Crippen LogP contribution in [0.25, 0.3) is 10.9 Å². The monoisotopic (exact) mass is 353 g/mol. The fraction of sp³-hybridized carbons (Fsp3) is 0.500. The molecule has 4 rings (SSSR count). The van der Waals surface area contributed by atoms with Crippen LogP contribution in [0.1, 0.15) is 23.3 Å². The third kappa shape index (κ3) is 3.04. The van der Waals surface area contributed by atoms with E-state index in [1.807, 2.05) is 28.9 Å². The summed E-state index contributed by atoms with van der Waals surface area (Å²) in [4.78, 5) is 17.9. The number of benzene rings is 1. The Kier molecular flexibility index (Phi) is 4.54. The van der Waals surface area contributed by atoms with E-state index >= 15 is 0 Å². The number of nitrogens with zero attached hydrogens (tertiary/aromatic N) is 4. The Labute approximate surface area is 154 Å². The van der Waals surface area contributed by atoms with Gasteiger partial charge in [-0.15, -0.1) is 6.58 Å². The molecule has 2 aromatic rings. The van der Waals surface area contributed by atoms with Crippen LogP contribution in [-0.2, 0) is 6.54 Å². The Morgan fingerprint density at radius 2 is 1.96 bits per heavy atom. The number of piperazine rings is 1. The van der Waals surface area contributed by atoms with Crippen molar-refractivity contribution >= 4 is 16.8 Å². The van der Waals surface area contributed by atoms with Gasteiger partial charge in [0, 0.05) is 36.6 Å². The van der Waals surface area contributed by atoms with Crippen LogP contribution < -0.4 is 5.32 Å². The highest BCUT2D eigenvalue weighted by molar-refractivity contribution is 6.05. The summed E-state index contributed by atoms with van der Waals surface area (Å²) in [5, 5.41) is 8.72. The zero-order valence-corrected chi connectivity index (χ0v) is 15.6. The lowest BCUT2D eigenvalue weighted by atomic mass is 9.88. The Bertz CT molecular complexity index is 813. The van der Waals surface area contributed by atoms with Crippen LogP contribution in [0.3, 0.4) is 0 Å². The molecule has 2 bridgehead atoms. The lowest BCUT2D eigenvalue weighted by Gasteiger charge is -2.50. The van der Waals surface area contributed by atoms with Crippen LogP contribution in [0, 0.1) is 0 Å². The maximum absolute atomic E-state index is 13.0. The third-order valence-electron chi connectivity index (χ3n) is 5.82. The maximum Gasteiger partial charge on any atom is 0.272 e. The van der Waals surface area contributed by atoms with Crippen molar-refractivity contribution in [3.05, 3.63) is 42.6 Å². The van der Waals surface area contributed by atoms with Crippen molar-refractivity contribution < 1.29 is 4.79 Å². The molecule has 2 fully saturated rings. The van der Waals surface area contributed by atoms with Crippen molar-refractivity contribution in [1.82, 2.24) is 24.9 Å². The average molecular weight is 353 g/mol. The molecule has 6 nitrogen and oxygen atoms in total. The van der Waals surface area contributed by atoms with Gasteiger partial charge in [-0.05, 0) is 33.0 Å². The number of allylic oxidation sites excluding steroid dienone is 1. The summed E-state index contributed by atoms with van der Waals surface area (Å²) in [6, 6.07) is 9.12. The van der Waals surface area contributed by atoms with E-state index in [1.54, 1.807) is 6.08 Å². The summed E-state index contributed by atoms with van der Waals surface area (Å²) in [5.41, 5.74) is 1.49. The summed E-state index contributed by atoms with van der Waals surface area (Å²) in [5.74, 6) is -0.0648. The first-order chi connectivity index (χ1) is 12.6. The molecular formula is C20H27N5O. The molecule has 0 saturated carbocycles. The minimum absolute atomic E-state index is 0.0648. The van der Waals surface area contributed by atoms with Crippen LogP contribution in [0.15, 0.2) is 36.9 Å². The van der Waals surface area contributed by atoms with Crippen molar-refractivity contribution in [2.75, 3.05) is 27.2 Å². The normalized spacial score (nSPS) is 26.8. The minimum Gasteiger partial charge on any atom is -0.348 e. The number of likely N-dealkylation sites (tertiary alicyclic amines) is 1. The number of piperidine rings is 1. The number of hydrogen-bond donors (Lipinski definition) is 1. The molecule has 0 radical (unpaired) electrons. The van der Waals surface area contributed by atoms with Gasteiger partial charge < -0.3 is 10.2 Å². The fourth-order valence-corrected chi connectivity index (χ4v) is 4.51. The first kappa shape index (κ1) is 17.2. The molecule has 3 atom stereocenters. The van der Waals surface area contributed by atoms with Crippen LogP contribution in [-0.4, -0.2) is 70.8 Å². The predicted molar refractivity (Wildman–Crippen MR) is 103 cm³/mol. The second-order valence-electron chi connectivity index (χ2n) is 7.67. The Balaban J connectivity index is 1.54. The molecule has 1 N–H and O–H groups in total. The smallest absolute Gasteiger partial charge is 0.272 e. The number of para-hydroxylation sites is 1. The zero-order chi connectivity index (χ0) is 18.3. The van der Waals surface area contributed by atoms with E-state index in [9.17, 15) is 4.79 Å². The number of carbonyl (C=O) groups is 1. The number of carbonyl (C=O) groups excluding carboxylic acids is 1. The number of likely N-dealkylation sites (N-methyl/N-ethyl adjacent to an activating group) is 2. The second kappa shape index (κ2) is 6.85. The molecule has 2 aliphatic heterocycles. The summed E-state index contributed by atoms with van der Waals surface area (Å²) in [7, 11) is 4.40. The van der Waals surface area contributed by atoms with Crippen LogP contribution in [0.5, 0.6) is 0 Å². The first-order valence-corrected chi connectivity index (χ1v) is 9.34. The third-order valence-corrected chi connectivity index (χ3v) is 5.82. The van der Waals surface area contributed by atoms with E-state index in [0.717, 1.165) is 36.8 Å². The Morgan fingerprint density at radius 1 is 1.27 bits per heavy atom.